The molecule has 1 aliphatic rings. The van der Waals surface area contributed by atoms with Crippen molar-refractivity contribution in [3.05, 3.63) is 29.3 Å². The lowest BCUT2D eigenvalue weighted by molar-refractivity contribution is -0.137. The zero-order valence-corrected chi connectivity index (χ0v) is 11.5. The largest absolute Gasteiger partial charge is 0.492 e. The van der Waals surface area contributed by atoms with Gasteiger partial charge < -0.3 is 10.1 Å². The van der Waals surface area contributed by atoms with Crippen LogP contribution >= 0.6 is 0 Å². The third-order valence-electron chi connectivity index (χ3n) is 3.38. The molecule has 6 heteroatoms. The van der Waals surface area contributed by atoms with Crippen molar-refractivity contribution in [2.75, 3.05) is 39.3 Å². The van der Waals surface area contributed by atoms with E-state index in [1.165, 1.54) is 6.07 Å². The van der Waals surface area contributed by atoms with Crippen molar-refractivity contribution in [1.29, 1.82) is 0 Å². The predicted octanol–water partition coefficient (Wildman–Crippen LogP) is 2.30. The van der Waals surface area contributed by atoms with E-state index in [9.17, 15) is 13.2 Å². The molecule has 0 aliphatic carbocycles. The Kier molecular flexibility index (Phi) is 4.88. The Balaban J connectivity index is 1.86. The molecule has 1 saturated heterocycles. The molecule has 2 rings (SSSR count). The first-order valence-corrected chi connectivity index (χ1v) is 6.70. The van der Waals surface area contributed by atoms with Gasteiger partial charge in [-0.2, -0.15) is 13.2 Å². The summed E-state index contributed by atoms with van der Waals surface area (Å²) in [6, 6.07) is 3.59. The minimum atomic E-state index is -4.30. The summed E-state index contributed by atoms with van der Waals surface area (Å²) in [5, 5.41) is 3.26. The number of hydrogen-bond acceptors (Lipinski definition) is 3. The van der Waals surface area contributed by atoms with Crippen molar-refractivity contribution in [3.8, 4) is 5.75 Å². The first-order valence-electron chi connectivity index (χ1n) is 6.70. The van der Waals surface area contributed by atoms with Crippen LogP contribution in [0.4, 0.5) is 13.2 Å². The lowest BCUT2D eigenvalue weighted by atomic mass is 10.1. The van der Waals surface area contributed by atoms with Crippen molar-refractivity contribution < 1.29 is 17.9 Å². The molecule has 0 aromatic heterocycles. The van der Waals surface area contributed by atoms with Gasteiger partial charge in [0.25, 0.3) is 0 Å². The monoisotopic (exact) mass is 288 g/mol. The van der Waals surface area contributed by atoms with Gasteiger partial charge in [0.05, 0.1) is 5.56 Å². The number of piperazine rings is 1. The topological polar surface area (TPSA) is 24.5 Å². The number of alkyl halides is 3. The average molecular weight is 288 g/mol. The van der Waals surface area contributed by atoms with Crippen LogP contribution in [0.5, 0.6) is 5.75 Å². The summed E-state index contributed by atoms with van der Waals surface area (Å²) in [7, 11) is 0. The summed E-state index contributed by atoms with van der Waals surface area (Å²) in [5.41, 5.74) is -0.121. The molecule has 1 heterocycles. The highest BCUT2D eigenvalue weighted by Crippen LogP contribution is 2.32. The summed E-state index contributed by atoms with van der Waals surface area (Å²) in [6.45, 7) is 6.83. The molecule has 112 valence electrons. The fourth-order valence-electron chi connectivity index (χ4n) is 2.21. The molecular weight excluding hydrogens is 269 g/mol. The second kappa shape index (κ2) is 6.45. The van der Waals surface area contributed by atoms with Crippen LogP contribution in [0.25, 0.3) is 0 Å². The van der Waals surface area contributed by atoms with Crippen LogP contribution in [0.1, 0.15) is 11.1 Å². The Bertz CT molecular complexity index is 443. The van der Waals surface area contributed by atoms with Crippen LogP contribution in [-0.2, 0) is 6.18 Å². The number of benzene rings is 1. The van der Waals surface area contributed by atoms with Gasteiger partial charge in [0.15, 0.2) is 0 Å². The second-order valence-electron chi connectivity index (χ2n) is 4.92. The summed E-state index contributed by atoms with van der Waals surface area (Å²) in [4.78, 5) is 2.27. The normalized spacial score (nSPS) is 17.2. The standard InChI is InChI=1S/C14H19F3N2O/c1-11-10-12(14(15,16)17)2-3-13(11)20-9-8-19-6-4-18-5-7-19/h2-3,10,18H,4-9H2,1H3. The van der Waals surface area contributed by atoms with E-state index in [4.69, 9.17) is 4.74 Å². The van der Waals surface area contributed by atoms with Crippen molar-refractivity contribution in [1.82, 2.24) is 10.2 Å². The van der Waals surface area contributed by atoms with Crippen molar-refractivity contribution in [3.63, 3.8) is 0 Å². The van der Waals surface area contributed by atoms with Crippen LogP contribution in [0.2, 0.25) is 0 Å². The predicted molar refractivity (Wildman–Crippen MR) is 71.0 cm³/mol. The highest BCUT2D eigenvalue weighted by atomic mass is 19.4. The van der Waals surface area contributed by atoms with Gasteiger partial charge in [0.2, 0.25) is 0 Å². The zero-order valence-electron chi connectivity index (χ0n) is 11.5. The van der Waals surface area contributed by atoms with E-state index in [1.807, 2.05) is 0 Å². The third kappa shape index (κ3) is 4.11. The molecule has 0 unspecified atom stereocenters. The van der Waals surface area contributed by atoms with Gasteiger partial charge in [0, 0.05) is 32.7 Å². The number of nitrogens with one attached hydrogen (secondary N) is 1. The van der Waals surface area contributed by atoms with E-state index in [-0.39, 0.29) is 0 Å². The summed E-state index contributed by atoms with van der Waals surface area (Å²) < 4.78 is 43.2. The molecule has 0 radical (unpaired) electrons. The number of ether oxygens (including phenoxy) is 1. The van der Waals surface area contributed by atoms with E-state index in [0.29, 0.717) is 17.9 Å². The zero-order chi connectivity index (χ0) is 14.6. The average Bonchev–Trinajstić information content (AvgIpc) is 2.40. The quantitative estimate of drug-likeness (QED) is 0.920. The van der Waals surface area contributed by atoms with Crippen molar-refractivity contribution in [2.24, 2.45) is 0 Å². The highest BCUT2D eigenvalue weighted by Gasteiger charge is 2.30. The molecule has 0 bridgehead atoms. The van der Waals surface area contributed by atoms with E-state index >= 15 is 0 Å². The number of rotatable bonds is 4. The third-order valence-corrected chi connectivity index (χ3v) is 3.38. The van der Waals surface area contributed by atoms with E-state index in [0.717, 1.165) is 44.9 Å². The van der Waals surface area contributed by atoms with Gasteiger partial charge in [-0.1, -0.05) is 0 Å². The summed E-state index contributed by atoms with van der Waals surface area (Å²) in [6.07, 6.45) is -4.30. The molecule has 1 fully saturated rings. The Labute approximate surface area is 116 Å². The van der Waals surface area contributed by atoms with Gasteiger partial charge in [-0.3, -0.25) is 4.90 Å². The molecule has 0 amide bonds. The fraction of sp³-hybridized carbons (Fsp3) is 0.571. The number of hydrogen-bond donors (Lipinski definition) is 1. The van der Waals surface area contributed by atoms with E-state index in [2.05, 4.69) is 10.2 Å². The Morgan fingerprint density at radius 1 is 1.25 bits per heavy atom. The first-order chi connectivity index (χ1) is 9.47. The van der Waals surface area contributed by atoms with Gasteiger partial charge in [-0.15, -0.1) is 0 Å². The summed E-state index contributed by atoms with van der Waals surface area (Å²) in [5.74, 6) is 0.521. The Morgan fingerprint density at radius 3 is 2.55 bits per heavy atom. The van der Waals surface area contributed by atoms with Gasteiger partial charge in [-0.05, 0) is 30.7 Å². The molecule has 1 N–H and O–H groups in total. The number of aryl methyl sites for hydroxylation is 1. The molecule has 1 aromatic rings. The minimum Gasteiger partial charge on any atom is -0.492 e. The Hall–Kier alpha value is -1.27. The van der Waals surface area contributed by atoms with Crippen LogP contribution in [-0.4, -0.2) is 44.2 Å². The number of nitrogens with zero attached hydrogens (tertiary/aromatic N) is 1. The molecule has 0 saturated carbocycles. The maximum atomic E-state index is 12.5. The second-order valence-corrected chi connectivity index (χ2v) is 4.92. The Morgan fingerprint density at radius 2 is 1.95 bits per heavy atom. The van der Waals surface area contributed by atoms with Gasteiger partial charge in [-0.25, -0.2) is 0 Å². The molecule has 1 aromatic carbocycles. The molecule has 0 atom stereocenters. The number of halogens is 3. The van der Waals surface area contributed by atoms with Crippen LogP contribution in [0.15, 0.2) is 18.2 Å². The highest BCUT2D eigenvalue weighted by molar-refractivity contribution is 5.37. The first kappa shape index (κ1) is 15.1. The van der Waals surface area contributed by atoms with Crippen LogP contribution < -0.4 is 10.1 Å². The van der Waals surface area contributed by atoms with Gasteiger partial charge in [0.1, 0.15) is 12.4 Å². The van der Waals surface area contributed by atoms with Crippen LogP contribution in [0, 0.1) is 6.92 Å². The maximum Gasteiger partial charge on any atom is 0.416 e. The van der Waals surface area contributed by atoms with Crippen molar-refractivity contribution >= 4 is 0 Å². The lowest BCUT2D eigenvalue weighted by Gasteiger charge is -2.27. The smallest absolute Gasteiger partial charge is 0.416 e. The maximum absolute atomic E-state index is 12.5. The molecule has 0 spiro atoms. The minimum absolute atomic E-state index is 0.492. The molecule has 20 heavy (non-hydrogen) atoms. The van der Waals surface area contributed by atoms with Gasteiger partial charge >= 0.3 is 6.18 Å². The van der Waals surface area contributed by atoms with E-state index < -0.39 is 11.7 Å². The van der Waals surface area contributed by atoms with Crippen molar-refractivity contribution in [2.45, 2.75) is 13.1 Å². The lowest BCUT2D eigenvalue weighted by Crippen LogP contribution is -2.44. The van der Waals surface area contributed by atoms with E-state index in [1.54, 1.807) is 6.92 Å². The fourth-order valence-corrected chi connectivity index (χ4v) is 2.21. The molecular formula is C14H19F3N2O. The van der Waals surface area contributed by atoms with Crippen LogP contribution in [0.3, 0.4) is 0 Å². The SMILES string of the molecule is Cc1cc(C(F)(F)F)ccc1OCCN1CCNCC1. The summed E-state index contributed by atoms with van der Waals surface area (Å²) >= 11 is 0. The molecule has 3 nitrogen and oxygen atoms in total. The molecule has 1 aliphatic heterocycles.